The zero-order valence-corrected chi connectivity index (χ0v) is 17.9. The van der Waals surface area contributed by atoms with Crippen molar-refractivity contribution in [2.24, 2.45) is 0 Å². The fraction of sp³-hybridized carbons (Fsp3) is 0.136. The van der Waals surface area contributed by atoms with Gasteiger partial charge in [0.15, 0.2) is 5.78 Å². The number of aliphatic hydroxyl groups excluding tert-OH is 1. The minimum atomic E-state index is -0.839. The van der Waals surface area contributed by atoms with E-state index in [1.54, 1.807) is 42.5 Å². The lowest BCUT2D eigenvalue weighted by atomic mass is 10.1. The number of Topliss-reactive ketones (excluding diaryl/α,β-unsaturated/α-hetero) is 1. The lowest BCUT2D eigenvalue weighted by Gasteiger charge is -2.15. The lowest BCUT2D eigenvalue weighted by molar-refractivity contribution is 0.101. The highest BCUT2D eigenvalue weighted by atomic mass is 35.5. The number of pyridine rings is 1. The molecule has 9 heteroatoms. The molecule has 0 saturated carbocycles. The Bertz CT molecular complexity index is 1350. The molecule has 2 heterocycles. The molecule has 4 rings (SSSR count). The van der Waals surface area contributed by atoms with E-state index in [0.29, 0.717) is 43.7 Å². The van der Waals surface area contributed by atoms with Gasteiger partial charge in [-0.2, -0.15) is 0 Å². The maximum atomic E-state index is 12.6. The topological polar surface area (TPSA) is 111 Å². The first-order valence-corrected chi connectivity index (χ1v) is 10.2. The molecule has 31 heavy (non-hydrogen) atoms. The number of benzene rings is 2. The smallest absolute Gasteiger partial charge is 0.261 e. The molecule has 0 aliphatic heterocycles. The monoisotopic (exact) mass is 456 g/mol. The summed E-state index contributed by atoms with van der Waals surface area (Å²) in [5.74, 6) is 0.161. The number of nitrogens with zero attached hydrogens (tertiary/aromatic N) is 1. The van der Waals surface area contributed by atoms with Crippen molar-refractivity contribution in [2.45, 2.75) is 13.0 Å². The van der Waals surface area contributed by atoms with E-state index in [4.69, 9.17) is 23.2 Å². The predicted octanol–water partition coefficient (Wildman–Crippen LogP) is 4.57. The van der Waals surface area contributed by atoms with Gasteiger partial charge in [0.2, 0.25) is 0 Å². The van der Waals surface area contributed by atoms with E-state index < -0.39 is 6.10 Å². The number of aromatic nitrogens is 3. The van der Waals surface area contributed by atoms with E-state index in [0.717, 1.165) is 0 Å². The number of imidazole rings is 1. The summed E-state index contributed by atoms with van der Waals surface area (Å²) >= 11 is 12.3. The number of ketones is 1. The maximum Gasteiger partial charge on any atom is 0.261 e. The quantitative estimate of drug-likeness (QED) is 0.317. The first-order valence-electron chi connectivity index (χ1n) is 9.43. The molecule has 2 aromatic heterocycles. The molecule has 0 aliphatic carbocycles. The van der Waals surface area contributed by atoms with Crippen LogP contribution >= 0.6 is 23.2 Å². The minimum Gasteiger partial charge on any atom is -0.387 e. The molecule has 0 aliphatic rings. The normalized spacial score (nSPS) is 12.1. The van der Waals surface area contributed by atoms with Crippen LogP contribution in [0.25, 0.3) is 22.4 Å². The molecule has 1 atom stereocenters. The second-order valence-electron chi connectivity index (χ2n) is 7.04. The molecule has 0 bridgehead atoms. The van der Waals surface area contributed by atoms with Crippen molar-refractivity contribution in [3.8, 4) is 11.4 Å². The van der Waals surface area contributed by atoms with Crippen molar-refractivity contribution in [3.63, 3.8) is 0 Å². The first kappa shape index (κ1) is 21.1. The highest BCUT2D eigenvalue weighted by Gasteiger charge is 2.18. The van der Waals surface area contributed by atoms with Crippen LogP contribution in [0.1, 0.15) is 28.9 Å². The van der Waals surface area contributed by atoms with Gasteiger partial charge >= 0.3 is 0 Å². The molecule has 0 fully saturated rings. The van der Waals surface area contributed by atoms with Gasteiger partial charge in [-0.25, -0.2) is 4.98 Å². The summed E-state index contributed by atoms with van der Waals surface area (Å²) in [6.07, 6.45) is 0.665. The van der Waals surface area contributed by atoms with Gasteiger partial charge in [0.1, 0.15) is 16.9 Å². The highest BCUT2D eigenvalue weighted by Crippen LogP contribution is 2.29. The third-order valence-corrected chi connectivity index (χ3v) is 5.39. The fourth-order valence-corrected chi connectivity index (χ4v) is 3.76. The molecular formula is C22H18Cl2N4O3. The molecule has 0 saturated heterocycles. The Kier molecular flexibility index (Phi) is 5.82. The van der Waals surface area contributed by atoms with Crippen LogP contribution in [0.4, 0.5) is 5.69 Å². The van der Waals surface area contributed by atoms with Crippen LogP contribution in [-0.4, -0.2) is 32.4 Å². The van der Waals surface area contributed by atoms with Gasteiger partial charge in [0.25, 0.3) is 5.56 Å². The van der Waals surface area contributed by atoms with E-state index >= 15 is 0 Å². The Morgan fingerprint density at radius 2 is 2.03 bits per heavy atom. The number of H-pyrrole nitrogens is 2. The molecule has 7 nitrogen and oxygen atoms in total. The Labute approximate surface area is 187 Å². The third kappa shape index (κ3) is 4.34. The molecule has 2 aromatic carbocycles. The maximum absolute atomic E-state index is 12.6. The van der Waals surface area contributed by atoms with E-state index in [1.807, 2.05) is 0 Å². The average molecular weight is 457 g/mol. The second kappa shape index (κ2) is 8.55. The number of rotatable bonds is 6. The van der Waals surface area contributed by atoms with Crippen molar-refractivity contribution < 1.29 is 9.90 Å². The van der Waals surface area contributed by atoms with Crippen molar-refractivity contribution in [2.75, 3.05) is 11.9 Å². The van der Waals surface area contributed by atoms with E-state index in [9.17, 15) is 14.7 Å². The molecule has 0 amide bonds. The molecule has 0 radical (unpaired) electrons. The van der Waals surface area contributed by atoms with E-state index in [2.05, 4.69) is 20.3 Å². The van der Waals surface area contributed by atoms with Crippen LogP contribution in [0.15, 0.2) is 53.5 Å². The number of aliphatic hydroxyl groups is 1. The summed E-state index contributed by atoms with van der Waals surface area (Å²) in [6, 6.07) is 11.8. The summed E-state index contributed by atoms with van der Waals surface area (Å²) in [5.41, 5.74) is 2.46. The molecule has 158 valence electrons. The summed E-state index contributed by atoms with van der Waals surface area (Å²) in [5, 5.41) is 14.4. The van der Waals surface area contributed by atoms with Crippen LogP contribution in [0, 0.1) is 0 Å². The molecule has 0 spiro atoms. The van der Waals surface area contributed by atoms with Gasteiger partial charge in [0.05, 0.1) is 22.3 Å². The fourth-order valence-electron chi connectivity index (χ4n) is 3.30. The van der Waals surface area contributed by atoms with E-state index in [-0.39, 0.29) is 23.5 Å². The average Bonchev–Trinajstić information content (AvgIpc) is 3.16. The van der Waals surface area contributed by atoms with Crippen molar-refractivity contribution in [1.29, 1.82) is 0 Å². The van der Waals surface area contributed by atoms with Crippen LogP contribution in [0.3, 0.4) is 0 Å². The predicted molar refractivity (Wildman–Crippen MR) is 122 cm³/mol. The molecule has 4 N–H and O–H groups in total. The van der Waals surface area contributed by atoms with Gasteiger partial charge in [0, 0.05) is 23.3 Å². The number of halogens is 2. The SMILES string of the molecule is CC(=O)c1cc(Cl)c2nc(-c3c(NCC(O)c4cccc(Cl)c4)cc[nH]c3=O)[nH]c2c1. The highest BCUT2D eigenvalue weighted by molar-refractivity contribution is 6.35. The Balaban J connectivity index is 1.69. The molecule has 4 aromatic rings. The summed E-state index contributed by atoms with van der Waals surface area (Å²) in [6.45, 7) is 1.59. The van der Waals surface area contributed by atoms with Crippen LogP contribution in [0.2, 0.25) is 10.0 Å². The van der Waals surface area contributed by atoms with E-state index in [1.165, 1.54) is 13.1 Å². The zero-order chi connectivity index (χ0) is 22.1. The minimum absolute atomic E-state index is 0.130. The second-order valence-corrected chi connectivity index (χ2v) is 7.89. The number of fused-ring (bicyclic) bond motifs is 1. The van der Waals surface area contributed by atoms with Gasteiger partial charge in [-0.1, -0.05) is 35.3 Å². The van der Waals surface area contributed by atoms with Gasteiger partial charge < -0.3 is 20.4 Å². The largest absolute Gasteiger partial charge is 0.387 e. The number of nitrogens with one attached hydrogen (secondary N) is 3. The van der Waals surface area contributed by atoms with Crippen molar-refractivity contribution in [1.82, 2.24) is 15.0 Å². The lowest BCUT2D eigenvalue weighted by Crippen LogP contribution is -2.17. The number of anilines is 1. The summed E-state index contributed by atoms with van der Waals surface area (Å²) in [7, 11) is 0. The summed E-state index contributed by atoms with van der Waals surface area (Å²) in [4.78, 5) is 34.5. The van der Waals surface area contributed by atoms with Gasteiger partial charge in [-0.15, -0.1) is 0 Å². The Hall–Kier alpha value is -3.13. The molecule has 1 unspecified atom stereocenters. The van der Waals surface area contributed by atoms with Crippen LogP contribution < -0.4 is 10.9 Å². The van der Waals surface area contributed by atoms with Gasteiger partial charge in [-0.3, -0.25) is 9.59 Å². The molecular weight excluding hydrogens is 439 g/mol. The van der Waals surface area contributed by atoms with Crippen molar-refractivity contribution >= 4 is 45.7 Å². The zero-order valence-electron chi connectivity index (χ0n) is 16.4. The Morgan fingerprint density at radius 1 is 1.23 bits per heavy atom. The van der Waals surface area contributed by atoms with Crippen LogP contribution in [-0.2, 0) is 0 Å². The number of aromatic amines is 2. The van der Waals surface area contributed by atoms with Gasteiger partial charge in [-0.05, 0) is 42.8 Å². The number of carbonyl (C=O) groups is 1. The van der Waals surface area contributed by atoms with Crippen LogP contribution in [0.5, 0.6) is 0 Å². The first-order chi connectivity index (χ1) is 14.8. The number of hydrogen-bond donors (Lipinski definition) is 4. The summed E-state index contributed by atoms with van der Waals surface area (Å²) < 4.78 is 0. The standard InChI is InChI=1S/C22H18Cl2N4O3/c1-11(29)13-8-15(24)20-17(9-13)27-21(28-20)19-16(5-6-25-22(19)31)26-10-18(30)12-3-2-4-14(23)7-12/h2-9,18,30H,10H2,1H3,(H,27,28)(H2,25,26,31). The Morgan fingerprint density at radius 3 is 2.77 bits per heavy atom. The van der Waals surface area contributed by atoms with Crippen molar-refractivity contribution in [3.05, 3.63) is 80.2 Å². The third-order valence-electron chi connectivity index (χ3n) is 4.86. The number of hydrogen-bond acceptors (Lipinski definition) is 5. The number of carbonyl (C=O) groups excluding carboxylic acids is 1.